The van der Waals surface area contributed by atoms with Gasteiger partial charge in [-0.15, -0.1) is 0 Å². The van der Waals surface area contributed by atoms with Crippen LogP contribution in [0, 0.1) is 0 Å². The van der Waals surface area contributed by atoms with Crippen molar-refractivity contribution in [2.24, 2.45) is 0 Å². The molecule has 3 rings (SSSR count). The summed E-state index contributed by atoms with van der Waals surface area (Å²) in [6.07, 6.45) is 5.44. The van der Waals surface area contributed by atoms with Gasteiger partial charge in [-0.05, 0) is 37.6 Å². The number of carbonyl (C=O) groups is 1. The summed E-state index contributed by atoms with van der Waals surface area (Å²) in [7, 11) is 1.65. The zero-order chi connectivity index (χ0) is 20.6. The van der Waals surface area contributed by atoms with Crippen molar-refractivity contribution >= 4 is 12.0 Å². The average Bonchev–Trinajstić information content (AvgIpc) is 3.16. The summed E-state index contributed by atoms with van der Waals surface area (Å²) in [5.74, 6) is 0.749. The van der Waals surface area contributed by atoms with Crippen LogP contribution in [0.4, 0.5) is 0 Å². The Morgan fingerprint density at radius 3 is 2.45 bits per heavy atom. The fourth-order valence-corrected chi connectivity index (χ4v) is 3.26. The van der Waals surface area contributed by atoms with E-state index < -0.39 is 0 Å². The Kier molecular flexibility index (Phi) is 6.85. The maximum atomic E-state index is 12.4. The van der Waals surface area contributed by atoms with Crippen molar-refractivity contribution in [1.82, 2.24) is 14.7 Å². The van der Waals surface area contributed by atoms with Crippen LogP contribution in [0.5, 0.6) is 5.75 Å². The van der Waals surface area contributed by atoms with Gasteiger partial charge in [0.2, 0.25) is 5.91 Å². The predicted molar refractivity (Wildman–Crippen MR) is 117 cm³/mol. The standard InChI is InChI=1S/C24H27N3O2/c1-4-26(5-2)23(28)16-15-20-18-27(17-19-11-7-6-8-12-19)25-24(20)21-13-9-10-14-22(21)29-3/h6-16,18H,4-5,17H2,1-3H3/b16-15+. The van der Waals surface area contributed by atoms with Crippen LogP contribution >= 0.6 is 0 Å². The smallest absolute Gasteiger partial charge is 0.246 e. The SMILES string of the molecule is CCN(CC)C(=O)/C=C/c1cn(Cc2ccccc2)nc1-c1ccccc1OC. The zero-order valence-corrected chi connectivity index (χ0v) is 17.2. The second-order valence-electron chi connectivity index (χ2n) is 6.66. The van der Waals surface area contributed by atoms with E-state index in [4.69, 9.17) is 9.84 Å². The molecule has 0 bridgehead atoms. The number of hydrogen-bond acceptors (Lipinski definition) is 3. The van der Waals surface area contributed by atoms with Gasteiger partial charge in [-0.2, -0.15) is 5.10 Å². The lowest BCUT2D eigenvalue weighted by molar-refractivity contribution is -0.125. The van der Waals surface area contributed by atoms with Gasteiger partial charge in [0.15, 0.2) is 0 Å². The Morgan fingerprint density at radius 2 is 1.76 bits per heavy atom. The van der Waals surface area contributed by atoms with E-state index in [1.807, 2.05) is 73.3 Å². The summed E-state index contributed by atoms with van der Waals surface area (Å²) in [5.41, 5.74) is 3.74. The van der Waals surface area contributed by atoms with Crippen molar-refractivity contribution in [3.8, 4) is 17.0 Å². The number of amides is 1. The lowest BCUT2D eigenvalue weighted by atomic mass is 10.1. The first-order valence-corrected chi connectivity index (χ1v) is 9.88. The maximum Gasteiger partial charge on any atom is 0.246 e. The Morgan fingerprint density at radius 1 is 1.07 bits per heavy atom. The van der Waals surface area contributed by atoms with E-state index in [0.717, 1.165) is 28.1 Å². The fraction of sp³-hybridized carbons (Fsp3) is 0.250. The predicted octanol–water partition coefficient (Wildman–Crippen LogP) is 4.49. The molecule has 0 fully saturated rings. The summed E-state index contributed by atoms with van der Waals surface area (Å²) in [4.78, 5) is 14.2. The van der Waals surface area contributed by atoms with Crippen LogP contribution in [0.3, 0.4) is 0 Å². The number of para-hydroxylation sites is 1. The number of benzene rings is 2. The monoisotopic (exact) mass is 389 g/mol. The van der Waals surface area contributed by atoms with Gasteiger partial charge in [0.25, 0.3) is 0 Å². The van der Waals surface area contributed by atoms with Crippen LogP contribution < -0.4 is 4.74 Å². The minimum Gasteiger partial charge on any atom is -0.496 e. The minimum absolute atomic E-state index is 0.00298. The first-order chi connectivity index (χ1) is 14.2. The highest BCUT2D eigenvalue weighted by molar-refractivity contribution is 5.93. The minimum atomic E-state index is -0.00298. The lowest BCUT2D eigenvalue weighted by Gasteiger charge is -2.15. The van der Waals surface area contributed by atoms with Crippen molar-refractivity contribution in [2.75, 3.05) is 20.2 Å². The van der Waals surface area contributed by atoms with Crippen molar-refractivity contribution in [2.45, 2.75) is 20.4 Å². The van der Waals surface area contributed by atoms with Gasteiger partial charge in [-0.3, -0.25) is 9.48 Å². The molecule has 2 aromatic carbocycles. The van der Waals surface area contributed by atoms with Crippen LogP contribution in [0.15, 0.2) is 66.9 Å². The van der Waals surface area contributed by atoms with Gasteiger partial charge in [0.05, 0.1) is 13.7 Å². The molecule has 1 heterocycles. The number of carbonyl (C=O) groups excluding carboxylic acids is 1. The van der Waals surface area contributed by atoms with Gasteiger partial charge >= 0.3 is 0 Å². The molecule has 0 unspecified atom stereocenters. The maximum absolute atomic E-state index is 12.4. The van der Waals surface area contributed by atoms with Gasteiger partial charge in [-0.25, -0.2) is 0 Å². The van der Waals surface area contributed by atoms with E-state index in [1.54, 1.807) is 18.1 Å². The van der Waals surface area contributed by atoms with Crippen molar-refractivity contribution in [3.63, 3.8) is 0 Å². The highest BCUT2D eigenvalue weighted by Crippen LogP contribution is 2.31. The van der Waals surface area contributed by atoms with Crippen molar-refractivity contribution < 1.29 is 9.53 Å². The highest BCUT2D eigenvalue weighted by atomic mass is 16.5. The van der Waals surface area contributed by atoms with Crippen LogP contribution in [0.25, 0.3) is 17.3 Å². The number of hydrogen-bond donors (Lipinski definition) is 0. The van der Waals surface area contributed by atoms with E-state index in [0.29, 0.717) is 19.6 Å². The number of likely N-dealkylation sites (N-methyl/N-ethyl adjacent to an activating group) is 1. The molecule has 0 saturated carbocycles. The molecular weight excluding hydrogens is 362 g/mol. The lowest BCUT2D eigenvalue weighted by Crippen LogP contribution is -2.28. The normalized spacial score (nSPS) is 11.0. The van der Waals surface area contributed by atoms with E-state index in [9.17, 15) is 4.79 Å². The third-order valence-electron chi connectivity index (χ3n) is 4.82. The molecule has 29 heavy (non-hydrogen) atoms. The molecule has 0 aliphatic heterocycles. The third kappa shape index (κ3) is 4.93. The summed E-state index contributed by atoms with van der Waals surface area (Å²) in [6.45, 7) is 5.99. The molecule has 0 N–H and O–H groups in total. The average molecular weight is 389 g/mol. The van der Waals surface area contributed by atoms with Crippen molar-refractivity contribution in [1.29, 1.82) is 0 Å². The molecule has 150 valence electrons. The van der Waals surface area contributed by atoms with E-state index >= 15 is 0 Å². The van der Waals surface area contributed by atoms with E-state index in [2.05, 4.69) is 12.1 Å². The second kappa shape index (κ2) is 9.73. The molecule has 1 amide bonds. The molecule has 0 aliphatic rings. The highest BCUT2D eigenvalue weighted by Gasteiger charge is 2.14. The Bertz CT molecular complexity index is 973. The molecule has 5 heteroatoms. The molecular formula is C24H27N3O2. The van der Waals surface area contributed by atoms with Crippen LogP contribution in [-0.2, 0) is 11.3 Å². The molecule has 0 saturated heterocycles. The van der Waals surface area contributed by atoms with Gasteiger partial charge in [0.1, 0.15) is 11.4 Å². The molecule has 0 spiro atoms. The van der Waals surface area contributed by atoms with E-state index in [1.165, 1.54) is 0 Å². The molecule has 0 atom stereocenters. The molecule has 5 nitrogen and oxygen atoms in total. The number of ether oxygens (including phenoxy) is 1. The second-order valence-corrected chi connectivity index (χ2v) is 6.66. The first kappa shape index (κ1) is 20.4. The number of aromatic nitrogens is 2. The van der Waals surface area contributed by atoms with E-state index in [-0.39, 0.29) is 5.91 Å². The van der Waals surface area contributed by atoms with Crippen molar-refractivity contribution in [3.05, 3.63) is 78.0 Å². The summed E-state index contributed by atoms with van der Waals surface area (Å²) >= 11 is 0. The summed E-state index contributed by atoms with van der Waals surface area (Å²) in [6, 6.07) is 18.0. The Balaban J connectivity index is 1.99. The van der Waals surface area contributed by atoms with Gasteiger partial charge in [0, 0.05) is 36.5 Å². The number of rotatable bonds is 8. The van der Waals surface area contributed by atoms with Gasteiger partial charge < -0.3 is 9.64 Å². The summed E-state index contributed by atoms with van der Waals surface area (Å²) < 4.78 is 7.43. The van der Waals surface area contributed by atoms with Crippen LogP contribution in [0.2, 0.25) is 0 Å². The quantitative estimate of drug-likeness (QED) is 0.534. The molecule has 0 aliphatic carbocycles. The van der Waals surface area contributed by atoms with Crippen LogP contribution in [0.1, 0.15) is 25.0 Å². The molecule has 0 radical (unpaired) electrons. The third-order valence-corrected chi connectivity index (χ3v) is 4.82. The first-order valence-electron chi connectivity index (χ1n) is 9.88. The molecule has 1 aromatic heterocycles. The Labute approximate surface area is 172 Å². The molecule has 3 aromatic rings. The summed E-state index contributed by atoms with van der Waals surface area (Å²) in [5, 5.41) is 4.81. The zero-order valence-electron chi connectivity index (χ0n) is 17.2. The number of nitrogens with zero attached hydrogens (tertiary/aromatic N) is 3. The topological polar surface area (TPSA) is 47.4 Å². The van der Waals surface area contributed by atoms with Gasteiger partial charge in [-0.1, -0.05) is 42.5 Å². The largest absolute Gasteiger partial charge is 0.496 e. The fourth-order valence-electron chi connectivity index (χ4n) is 3.26. The van der Waals surface area contributed by atoms with Crippen LogP contribution in [-0.4, -0.2) is 40.8 Å². The Hall–Kier alpha value is -3.34. The number of methoxy groups -OCH3 is 1.